The van der Waals surface area contributed by atoms with Crippen molar-refractivity contribution in [3.05, 3.63) is 0 Å². The molecule has 0 bridgehead atoms. The fraction of sp³-hybridized carbons (Fsp3) is 0.750. The minimum Gasteiger partial charge on any atom is -0.480 e. The highest BCUT2D eigenvalue weighted by molar-refractivity contribution is 5.86. The van der Waals surface area contributed by atoms with E-state index >= 15 is 0 Å². The average Bonchev–Trinajstić information content (AvgIpc) is 2.33. The number of rotatable bonds is 6. The van der Waals surface area contributed by atoms with Crippen LogP contribution >= 0.6 is 0 Å². The van der Waals surface area contributed by atoms with Crippen molar-refractivity contribution in [3.8, 4) is 0 Å². The first-order valence-corrected chi connectivity index (χ1v) is 6.16. The molecule has 6 nitrogen and oxygen atoms in total. The maximum absolute atomic E-state index is 11.5. The molecule has 0 saturated heterocycles. The van der Waals surface area contributed by atoms with E-state index in [0.717, 1.165) is 0 Å². The van der Waals surface area contributed by atoms with Crippen LogP contribution in [-0.2, 0) is 19.1 Å². The Labute approximate surface area is 106 Å². The molecule has 2 atom stereocenters. The van der Waals surface area contributed by atoms with Crippen molar-refractivity contribution in [1.82, 2.24) is 5.32 Å². The molecular weight excluding hydrogens is 238 g/mol. The lowest BCUT2D eigenvalue weighted by molar-refractivity contribution is -0.145. The minimum atomic E-state index is -1.10. The van der Waals surface area contributed by atoms with Gasteiger partial charge in [0.05, 0.1) is 0 Å². The molecule has 0 heterocycles. The number of carbonyl (C=O) groups excluding carboxylic acids is 2. The van der Waals surface area contributed by atoms with E-state index < -0.39 is 17.9 Å². The maximum atomic E-state index is 11.5. The van der Waals surface area contributed by atoms with Crippen LogP contribution in [-0.4, -0.2) is 42.0 Å². The number of hydrogen-bond donors (Lipinski definition) is 2. The quantitative estimate of drug-likeness (QED) is 0.716. The van der Waals surface area contributed by atoms with Crippen LogP contribution in [0, 0.1) is 5.92 Å². The number of carboxylic acid groups (broad SMARTS) is 1. The molecule has 0 unspecified atom stereocenters. The van der Waals surface area contributed by atoms with E-state index in [1.807, 2.05) is 0 Å². The summed E-state index contributed by atoms with van der Waals surface area (Å²) in [5.41, 5.74) is 0. The summed E-state index contributed by atoms with van der Waals surface area (Å²) in [5.74, 6) is -1.80. The van der Waals surface area contributed by atoms with Gasteiger partial charge in [-0.15, -0.1) is 0 Å². The molecule has 102 valence electrons. The van der Waals surface area contributed by atoms with E-state index in [1.54, 1.807) is 6.92 Å². The molecule has 0 radical (unpaired) electrons. The highest BCUT2D eigenvalue weighted by Crippen LogP contribution is 2.24. The second kappa shape index (κ2) is 7.10. The fourth-order valence-electron chi connectivity index (χ4n) is 2.13. The number of carboxylic acids is 1. The van der Waals surface area contributed by atoms with Gasteiger partial charge in [-0.1, -0.05) is 0 Å². The lowest BCUT2D eigenvalue weighted by atomic mass is 9.83. The van der Waals surface area contributed by atoms with Gasteiger partial charge < -0.3 is 15.2 Å². The number of hydrogen-bond acceptors (Lipinski definition) is 4. The first-order chi connectivity index (χ1) is 8.54. The van der Waals surface area contributed by atoms with Crippen molar-refractivity contribution in [2.24, 2.45) is 5.92 Å². The van der Waals surface area contributed by atoms with Gasteiger partial charge in [-0.3, -0.25) is 9.59 Å². The zero-order valence-electron chi connectivity index (χ0n) is 10.5. The smallest absolute Gasteiger partial charge is 0.326 e. The van der Waals surface area contributed by atoms with Crippen molar-refractivity contribution >= 4 is 17.7 Å². The van der Waals surface area contributed by atoms with Crippen molar-refractivity contribution in [3.63, 3.8) is 0 Å². The van der Waals surface area contributed by atoms with Gasteiger partial charge in [0.15, 0.2) is 0 Å². The Balaban J connectivity index is 2.56. The summed E-state index contributed by atoms with van der Waals surface area (Å²) in [6, 6.07) is -0.998. The third-order valence-electron chi connectivity index (χ3n) is 3.01. The second-order valence-corrected chi connectivity index (χ2v) is 4.42. The van der Waals surface area contributed by atoms with Crippen molar-refractivity contribution < 1.29 is 24.2 Å². The third kappa shape index (κ3) is 4.44. The summed E-state index contributed by atoms with van der Waals surface area (Å²) >= 11 is 0. The van der Waals surface area contributed by atoms with Crippen LogP contribution in [0.1, 0.15) is 32.6 Å². The molecule has 2 N–H and O–H groups in total. The lowest BCUT2D eigenvalue weighted by Gasteiger charge is -2.27. The van der Waals surface area contributed by atoms with E-state index in [0.29, 0.717) is 25.9 Å². The number of aliphatic carboxylic acids is 1. The van der Waals surface area contributed by atoms with Crippen LogP contribution in [0.3, 0.4) is 0 Å². The third-order valence-corrected chi connectivity index (χ3v) is 3.01. The standard InChI is InChI=1S/C12H19NO5/c1-2-18-7-10(15)13-11(12(16)17)8-4-3-5-9(14)6-8/h8,11H,2-7H2,1H3,(H,13,15)(H,16,17)/t8-,11-/m1/s1. The Kier molecular flexibility index (Phi) is 5.77. The van der Waals surface area contributed by atoms with E-state index in [4.69, 9.17) is 9.84 Å². The molecule has 0 aliphatic heterocycles. The minimum absolute atomic E-state index is 0.0663. The fourth-order valence-corrected chi connectivity index (χ4v) is 2.13. The van der Waals surface area contributed by atoms with E-state index in [1.165, 1.54) is 0 Å². The molecule has 1 aliphatic carbocycles. The number of carbonyl (C=O) groups is 3. The molecule has 18 heavy (non-hydrogen) atoms. The molecule has 0 spiro atoms. The Hall–Kier alpha value is -1.43. The molecule has 1 aliphatic rings. The maximum Gasteiger partial charge on any atom is 0.326 e. The Bertz CT molecular complexity index is 328. The predicted octanol–water partition coefficient (Wildman–Crippen LogP) is 0.352. The molecule has 1 rings (SSSR count). The summed E-state index contributed by atoms with van der Waals surface area (Å²) in [6.07, 6.45) is 2.08. The summed E-state index contributed by atoms with van der Waals surface area (Å²) in [7, 11) is 0. The lowest BCUT2D eigenvalue weighted by Crippen LogP contribution is -2.48. The van der Waals surface area contributed by atoms with Crippen LogP contribution in [0.5, 0.6) is 0 Å². The van der Waals surface area contributed by atoms with Gasteiger partial charge >= 0.3 is 5.97 Å². The van der Waals surface area contributed by atoms with E-state index in [-0.39, 0.29) is 24.7 Å². The van der Waals surface area contributed by atoms with Crippen molar-refractivity contribution in [1.29, 1.82) is 0 Å². The van der Waals surface area contributed by atoms with E-state index in [9.17, 15) is 14.4 Å². The Morgan fingerprint density at radius 1 is 1.56 bits per heavy atom. The number of ketones is 1. The summed E-state index contributed by atoms with van der Waals surface area (Å²) in [6.45, 7) is 2.00. The van der Waals surface area contributed by atoms with Crippen molar-refractivity contribution in [2.45, 2.75) is 38.6 Å². The van der Waals surface area contributed by atoms with E-state index in [2.05, 4.69) is 5.32 Å². The number of nitrogens with one attached hydrogen (secondary N) is 1. The number of ether oxygens (including phenoxy) is 1. The molecule has 1 amide bonds. The molecule has 0 aromatic rings. The van der Waals surface area contributed by atoms with Crippen LogP contribution in [0.2, 0.25) is 0 Å². The Morgan fingerprint density at radius 2 is 2.28 bits per heavy atom. The predicted molar refractivity (Wildman–Crippen MR) is 63.0 cm³/mol. The monoisotopic (exact) mass is 257 g/mol. The number of amides is 1. The Morgan fingerprint density at radius 3 is 2.83 bits per heavy atom. The van der Waals surface area contributed by atoms with Gasteiger partial charge in [0.25, 0.3) is 0 Å². The molecular formula is C12H19NO5. The van der Waals surface area contributed by atoms with Gasteiger partial charge in [-0.25, -0.2) is 4.79 Å². The number of Topliss-reactive ketones (excluding diaryl/α,β-unsaturated/α-hetero) is 1. The van der Waals surface area contributed by atoms with Gasteiger partial charge in [0, 0.05) is 19.4 Å². The highest BCUT2D eigenvalue weighted by Gasteiger charge is 2.33. The molecule has 0 aromatic heterocycles. The largest absolute Gasteiger partial charge is 0.480 e. The summed E-state index contributed by atoms with van der Waals surface area (Å²) < 4.78 is 4.91. The summed E-state index contributed by atoms with van der Waals surface area (Å²) in [5, 5.41) is 11.5. The van der Waals surface area contributed by atoms with Crippen molar-refractivity contribution in [2.75, 3.05) is 13.2 Å². The van der Waals surface area contributed by atoms with Crippen LogP contribution < -0.4 is 5.32 Å². The van der Waals surface area contributed by atoms with Gasteiger partial charge in [0.2, 0.25) is 5.91 Å². The molecule has 0 aromatic carbocycles. The van der Waals surface area contributed by atoms with Crippen LogP contribution in [0.15, 0.2) is 0 Å². The van der Waals surface area contributed by atoms with Gasteiger partial charge in [-0.2, -0.15) is 0 Å². The van der Waals surface area contributed by atoms with Gasteiger partial charge in [-0.05, 0) is 25.7 Å². The van der Waals surface area contributed by atoms with Crippen LogP contribution in [0.4, 0.5) is 0 Å². The zero-order valence-corrected chi connectivity index (χ0v) is 10.5. The topological polar surface area (TPSA) is 92.7 Å². The molecule has 1 fully saturated rings. The first-order valence-electron chi connectivity index (χ1n) is 6.16. The first kappa shape index (κ1) is 14.6. The average molecular weight is 257 g/mol. The highest BCUT2D eigenvalue weighted by atomic mass is 16.5. The molecule has 6 heteroatoms. The zero-order chi connectivity index (χ0) is 13.5. The normalized spacial score (nSPS) is 21.4. The molecule has 1 saturated carbocycles. The van der Waals surface area contributed by atoms with Gasteiger partial charge in [0.1, 0.15) is 18.4 Å². The summed E-state index contributed by atoms with van der Waals surface area (Å²) in [4.78, 5) is 33.9. The SMILES string of the molecule is CCOCC(=O)N[C@@H](C(=O)O)[C@@H]1CCCC(=O)C1. The second-order valence-electron chi connectivity index (χ2n) is 4.42. The van der Waals surface area contributed by atoms with Crippen LogP contribution in [0.25, 0.3) is 0 Å².